The van der Waals surface area contributed by atoms with Crippen molar-refractivity contribution in [3.8, 4) is 0 Å². The molecule has 0 spiro atoms. The van der Waals surface area contributed by atoms with E-state index in [2.05, 4.69) is 0 Å². The molecular weight excluding hydrogens is 250 g/mol. The first-order valence-corrected chi connectivity index (χ1v) is 6.05. The van der Waals surface area contributed by atoms with Crippen LogP contribution in [0.5, 0.6) is 0 Å². The topological polar surface area (TPSA) is 113 Å². The summed E-state index contributed by atoms with van der Waals surface area (Å²) in [7, 11) is 0. The molecule has 0 saturated carbocycles. The van der Waals surface area contributed by atoms with Crippen molar-refractivity contribution in [2.45, 2.75) is 30.8 Å². The Morgan fingerprint density at radius 2 is 2.11 bits per heavy atom. The molecule has 1 saturated heterocycles. The van der Waals surface area contributed by atoms with Crippen molar-refractivity contribution in [2.75, 3.05) is 6.61 Å². The summed E-state index contributed by atoms with van der Waals surface area (Å²) in [6.07, 6.45) is -3.14. The molecule has 1 amide bonds. The fourth-order valence-corrected chi connectivity index (χ4v) is 2.23. The molecule has 1 aliphatic heterocycles. The number of hydrogen-bond acceptors (Lipinski definition) is 5. The number of rotatable bonds is 3. The third-order valence-electron chi connectivity index (χ3n) is 3.26. The largest absolute Gasteiger partial charge is 0.394 e. The molecule has 1 aromatic rings. The molecule has 0 aromatic heterocycles. The minimum atomic E-state index is -0.907. The molecule has 1 heterocycles. The van der Waals surface area contributed by atoms with Crippen LogP contribution in [0.2, 0.25) is 0 Å². The predicted octanol–water partition coefficient (Wildman–Crippen LogP) is -0.670. The molecule has 104 valence electrons. The van der Waals surface area contributed by atoms with Gasteiger partial charge in [-0.25, -0.2) is 0 Å². The van der Waals surface area contributed by atoms with Gasteiger partial charge < -0.3 is 25.8 Å². The third-order valence-corrected chi connectivity index (χ3v) is 3.26. The summed E-state index contributed by atoms with van der Waals surface area (Å²) in [6, 6.07) is 6.46. The van der Waals surface area contributed by atoms with E-state index in [1.807, 2.05) is 0 Å². The molecule has 0 aliphatic carbocycles. The summed E-state index contributed by atoms with van der Waals surface area (Å²) >= 11 is 0. The first-order chi connectivity index (χ1) is 9.02. The zero-order chi connectivity index (χ0) is 14.0. The van der Waals surface area contributed by atoms with Crippen LogP contribution < -0.4 is 5.73 Å². The lowest BCUT2D eigenvalue weighted by atomic mass is 9.93. The molecule has 1 aromatic carbocycles. The van der Waals surface area contributed by atoms with Crippen LogP contribution in [0, 0.1) is 0 Å². The molecule has 19 heavy (non-hydrogen) atoms. The number of nitrogens with two attached hydrogens (primary N) is 1. The van der Waals surface area contributed by atoms with E-state index in [4.69, 9.17) is 15.6 Å². The standard InChI is InChI=1S/C13H17NO5/c14-13(18)8-3-1-2-7(4-8)12-10(17)5-9(16)11(6-15)19-12/h1-4,9-12,15-17H,5-6H2,(H2,14,18)/t9?,10-,11+,12?/m0/s1. The number of primary amides is 1. The Labute approximate surface area is 110 Å². The van der Waals surface area contributed by atoms with Crippen LogP contribution in [0.25, 0.3) is 0 Å². The van der Waals surface area contributed by atoms with E-state index in [0.717, 1.165) is 0 Å². The molecule has 2 unspecified atom stereocenters. The van der Waals surface area contributed by atoms with Crippen LogP contribution in [0.3, 0.4) is 0 Å². The molecular formula is C13H17NO5. The van der Waals surface area contributed by atoms with Crippen molar-refractivity contribution in [2.24, 2.45) is 5.73 Å². The number of amides is 1. The molecule has 2 rings (SSSR count). The number of carbonyl (C=O) groups excluding carboxylic acids is 1. The minimum Gasteiger partial charge on any atom is -0.394 e. The molecule has 4 atom stereocenters. The smallest absolute Gasteiger partial charge is 0.248 e. The predicted molar refractivity (Wildman–Crippen MR) is 66.3 cm³/mol. The number of hydrogen-bond donors (Lipinski definition) is 4. The summed E-state index contributed by atoms with van der Waals surface area (Å²) in [5.41, 5.74) is 6.11. The Balaban J connectivity index is 2.24. The maximum atomic E-state index is 11.1. The molecule has 0 radical (unpaired) electrons. The molecule has 1 fully saturated rings. The molecule has 1 aliphatic rings. The second-order valence-corrected chi connectivity index (χ2v) is 4.64. The van der Waals surface area contributed by atoms with Crippen LogP contribution in [0.4, 0.5) is 0 Å². The van der Waals surface area contributed by atoms with Gasteiger partial charge in [0.05, 0.1) is 18.8 Å². The Morgan fingerprint density at radius 1 is 1.37 bits per heavy atom. The zero-order valence-electron chi connectivity index (χ0n) is 10.3. The van der Waals surface area contributed by atoms with Gasteiger partial charge in [0.15, 0.2) is 0 Å². The lowest BCUT2D eigenvalue weighted by Crippen LogP contribution is -2.44. The van der Waals surface area contributed by atoms with E-state index in [1.54, 1.807) is 24.3 Å². The van der Waals surface area contributed by atoms with Gasteiger partial charge in [0.1, 0.15) is 12.2 Å². The lowest BCUT2D eigenvalue weighted by molar-refractivity contribution is -0.181. The monoisotopic (exact) mass is 267 g/mol. The summed E-state index contributed by atoms with van der Waals surface area (Å²) in [6.45, 7) is -0.333. The van der Waals surface area contributed by atoms with Crippen molar-refractivity contribution in [3.63, 3.8) is 0 Å². The van der Waals surface area contributed by atoms with Gasteiger partial charge in [-0.05, 0) is 17.7 Å². The minimum absolute atomic E-state index is 0.108. The highest BCUT2D eigenvalue weighted by Gasteiger charge is 2.36. The molecule has 6 heteroatoms. The van der Waals surface area contributed by atoms with Gasteiger partial charge in [0, 0.05) is 12.0 Å². The first-order valence-electron chi connectivity index (χ1n) is 6.05. The van der Waals surface area contributed by atoms with Crippen LogP contribution in [0.15, 0.2) is 24.3 Å². The second-order valence-electron chi connectivity index (χ2n) is 4.64. The Morgan fingerprint density at radius 3 is 2.74 bits per heavy atom. The van der Waals surface area contributed by atoms with Crippen molar-refractivity contribution in [1.29, 1.82) is 0 Å². The Hall–Kier alpha value is -1.47. The van der Waals surface area contributed by atoms with Gasteiger partial charge in [-0.15, -0.1) is 0 Å². The molecule has 0 bridgehead atoms. The number of benzene rings is 1. The number of aliphatic hydroxyl groups excluding tert-OH is 3. The summed E-state index contributed by atoms with van der Waals surface area (Å²) in [5.74, 6) is -0.564. The van der Waals surface area contributed by atoms with Crippen LogP contribution in [-0.2, 0) is 4.74 Å². The van der Waals surface area contributed by atoms with E-state index >= 15 is 0 Å². The highest BCUT2D eigenvalue weighted by Crippen LogP contribution is 2.32. The van der Waals surface area contributed by atoms with Crippen LogP contribution >= 0.6 is 0 Å². The number of aliphatic hydroxyl groups is 3. The fraction of sp³-hybridized carbons (Fsp3) is 0.462. The van der Waals surface area contributed by atoms with E-state index in [0.29, 0.717) is 11.1 Å². The maximum absolute atomic E-state index is 11.1. The van der Waals surface area contributed by atoms with Gasteiger partial charge in [-0.3, -0.25) is 4.79 Å². The summed E-state index contributed by atoms with van der Waals surface area (Å²) in [4.78, 5) is 11.1. The summed E-state index contributed by atoms with van der Waals surface area (Å²) < 4.78 is 5.48. The van der Waals surface area contributed by atoms with E-state index < -0.39 is 30.3 Å². The SMILES string of the molecule is NC(=O)c1cccc(C2O[C@H](CO)C(O)C[C@@H]2O)c1. The van der Waals surface area contributed by atoms with Crippen molar-refractivity contribution < 1.29 is 24.9 Å². The maximum Gasteiger partial charge on any atom is 0.248 e. The van der Waals surface area contributed by atoms with Crippen LogP contribution in [-0.4, -0.2) is 46.1 Å². The average molecular weight is 267 g/mol. The third kappa shape index (κ3) is 2.93. The normalized spacial score (nSPS) is 31.1. The first kappa shape index (κ1) is 14.0. The number of ether oxygens (including phenoxy) is 1. The van der Waals surface area contributed by atoms with Gasteiger partial charge in [-0.2, -0.15) is 0 Å². The van der Waals surface area contributed by atoms with Crippen molar-refractivity contribution in [1.82, 2.24) is 0 Å². The van der Waals surface area contributed by atoms with Crippen LogP contribution in [0.1, 0.15) is 28.4 Å². The fourth-order valence-electron chi connectivity index (χ4n) is 2.23. The highest BCUT2D eigenvalue weighted by atomic mass is 16.5. The van der Waals surface area contributed by atoms with E-state index in [-0.39, 0.29) is 13.0 Å². The molecule has 6 nitrogen and oxygen atoms in total. The number of carbonyl (C=O) groups is 1. The quantitative estimate of drug-likeness (QED) is 0.580. The Kier molecular flexibility index (Phi) is 4.16. The lowest BCUT2D eigenvalue weighted by Gasteiger charge is -2.36. The average Bonchev–Trinajstić information content (AvgIpc) is 2.39. The van der Waals surface area contributed by atoms with Gasteiger partial charge in [-0.1, -0.05) is 12.1 Å². The highest BCUT2D eigenvalue weighted by molar-refractivity contribution is 5.92. The van der Waals surface area contributed by atoms with Gasteiger partial charge >= 0.3 is 0 Å². The van der Waals surface area contributed by atoms with Gasteiger partial charge in [0.25, 0.3) is 0 Å². The Bertz CT molecular complexity index is 464. The van der Waals surface area contributed by atoms with Crippen molar-refractivity contribution in [3.05, 3.63) is 35.4 Å². The second kappa shape index (κ2) is 5.66. The van der Waals surface area contributed by atoms with E-state index in [9.17, 15) is 15.0 Å². The summed E-state index contributed by atoms with van der Waals surface area (Å²) in [5, 5.41) is 28.7. The molecule has 5 N–H and O–H groups in total. The van der Waals surface area contributed by atoms with Crippen molar-refractivity contribution >= 4 is 5.91 Å². The van der Waals surface area contributed by atoms with E-state index in [1.165, 1.54) is 0 Å². The van der Waals surface area contributed by atoms with Gasteiger partial charge in [0.2, 0.25) is 5.91 Å². The zero-order valence-corrected chi connectivity index (χ0v) is 10.3.